The van der Waals surface area contributed by atoms with Crippen LogP contribution in [0, 0.1) is 0 Å². The van der Waals surface area contributed by atoms with Crippen molar-refractivity contribution in [2.75, 3.05) is 27.2 Å². The molecule has 1 saturated heterocycles. The summed E-state index contributed by atoms with van der Waals surface area (Å²) in [6, 6.07) is 3.35. The van der Waals surface area contributed by atoms with Gasteiger partial charge in [-0.05, 0) is 12.1 Å². The molecule has 5 nitrogen and oxygen atoms in total. The van der Waals surface area contributed by atoms with Gasteiger partial charge in [-0.3, -0.25) is 4.79 Å². The quantitative estimate of drug-likeness (QED) is 0.717. The maximum atomic E-state index is 13.3. The summed E-state index contributed by atoms with van der Waals surface area (Å²) in [6.45, 7) is 0.682. The molecule has 0 radical (unpaired) electrons. The number of ketones is 1. The summed E-state index contributed by atoms with van der Waals surface area (Å²) in [5.74, 6) is -0.724. The molecule has 0 unspecified atom stereocenters. The molecule has 1 fully saturated rings. The highest BCUT2D eigenvalue weighted by Crippen LogP contribution is 2.45. The van der Waals surface area contributed by atoms with Gasteiger partial charge in [0, 0.05) is 40.0 Å². The van der Waals surface area contributed by atoms with Crippen molar-refractivity contribution in [3.05, 3.63) is 29.3 Å². The monoisotopic (exact) mass is 356 g/mol. The van der Waals surface area contributed by atoms with Crippen LogP contribution in [0.4, 0.5) is 18.0 Å². The Morgan fingerprint density at radius 2 is 1.88 bits per heavy atom. The summed E-state index contributed by atoms with van der Waals surface area (Å²) in [7, 11) is 3.28. The zero-order valence-electron chi connectivity index (χ0n) is 14.0. The molecule has 2 aliphatic rings. The molecule has 0 aromatic heterocycles. The second-order valence-electron chi connectivity index (χ2n) is 6.73. The third-order valence-electron chi connectivity index (χ3n) is 4.75. The number of fused-ring (bicyclic) bond motifs is 1. The molecule has 1 aromatic rings. The van der Waals surface area contributed by atoms with Crippen LogP contribution in [0.3, 0.4) is 0 Å². The van der Waals surface area contributed by atoms with Crippen LogP contribution in [0.2, 0.25) is 0 Å². The lowest BCUT2D eigenvalue weighted by Crippen LogP contribution is -2.54. The number of hydrogen-bond donors (Lipinski definition) is 0. The van der Waals surface area contributed by atoms with Gasteiger partial charge in [0.15, 0.2) is 5.78 Å². The molecule has 1 spiro atoms. The first-order valence-corrected chi connectivity index (χ1v) is 8.02. The van der Waals surface area contributed by atoms with Crippen molar-refractivity contribution in [2.45, 2.75) is 31.0 Å². The minimum atomic E-state index is -4.59. The Kier molecular flexibility index (Phi) is 4.17. The fourth-order valence-electron chi connectivity index (χ4n) is 3.40. The Morgan fingerprint density at radius 3 is 2.44 bits per heavy atom. The van der Waals surface area contributed by atoms with E-state index in [-0.39, 0.29) is 29.5 Å². The number of para-hydroxylation sites is 1. The van der Waals surface area contributed by atoms with Crippen LogP contribution >= 0.6 is 0 Å². The lowest BCUT2D eigenvalue weighted by molar-refractivity contribution is -0.140. The molecule has 2 amide bonds. The molecule has 136 valence electrons. The van der Waals surface area contributed by atoms with E-state index in [4.69, 9.17) is 4.74 Å². The number of carbonyl (C=O) groups is 2. The largest absolute Gasteiger partial charge is 0.485 e. The zero-order valence-corrected chi connectivity index (χ0v) is 14.0. The molecular formula is C17H19F3N2O3. The number of likely N-dealkylation sites (tertiary alicyclic amines) is 1. The van der Waals surface area contributed by atoms with Crippen molar-refractivity contribution in [3.8, 4) is 5.75 Å². The van der Waals surface area contributed by atoms with Gasteiger partial charge in [-0.15, -0.1) is 0 Å². The first-order chi connectivity index (χ1) is 11.6. The maximum absolute atomic E-state index is 13.3. The molecule has 0 saturated carbocycles. The van der Waals surface area contributed by atoms with Gasteiger partial charge >= 0.3 is 12.2 Å². The Bertz CT molecular complexity index is 708. The number of amides is 2. The predicted octanol–water partition coefficient (Wildman–Crippen LogP) is 3.19. The van der Waals surface area contributed by atoms with Gasteiger partial charge < -0.3 is 14.5 Å². The number of nitrogens with zero attached hydrogens (tertiary/aromatic N) is 2. The Labute approximate surface area is 143 Å². The van der Waals surface area contributed by atoms with Crippen LogP contribution in [0.15, 0.2) is 18.2 Å². The SMILES string of the molecule is CN(C)C(=O)N1CCC2(CC1)CC(=O)c1cccc(C(F)(F)F)c1O2. The minimum absolute atomic E-state index is 0.0211. The number of piperidine rings is 1. The standard InChI is InChI=1S/C17H19F3N2O3/c1-21(2)15(24)22-8-6-16(7-9-22)10-13(23)11-4-3-5-12(14(11)25-16)17(18,19)20/h3-5H,6-10H2,1-2H3. The third kappa shape index (κ3) is 3.17. The number of hydrogen-bond acceptors (Lipinski definition) is 3. The van der Waals surface area contributed by atoms with Crippen molar-refractivity contribution in [1.82, 2.24) is 9.80 Å². The number of ether oxygens (including phenoxy) is 1. The molecule has 2 heterocycles. The highest BCUT2D eigenvalue weighted by molar-refractivity contribution is 6.00. The van der Waals surface area contributed by atoms with E-state index in [1.54, 1.807) is 19.0 Å². The molecule has 0 bridgehead atoms. The van der Waals surface area contributed by atoms with Crippen molar-refractivity contribution in [3.63, 3.8) is 0 Å². The highest BCUT2D eigenvalue weighted by atomic mass is 19.4. The molecule has 8 heteroatoms. The van der Waals surface area contributed by atoms with Crippen LogP contribution < -0.4 is 4.74 Å². The van der Waals surface area contributed by atoms with Gasteiger partial charge in [0.25, 0.3) is 0 Å². The van der Waals surface area contributed by atoms with E-state index in [1.165, 1.54) is 17.0 Å². The normalized spacial score (nSPS) is 19.4. The number of urea groups is 1. The summed E-state index contributed by atoms with van der Waals surface area (Å²) in [5.41, 5.74) is -1.93. The maximum Gasteiger partial charge on any atom is 0.419 e. The fourth-order valence-corrected chi connectivity index (χ4v) is 3.40. The van der Waals surface area contributed by atoms with Crippen LogP contribution in [0.5, 0.6) is 5.75 Å². The summed E-state index contributed by atoms with van der Waals surface area (Å²) >= 11 is 0. The van der Waals surface area contributed by atoms with Crippen molar-refractivity contribution < 1.29 is 27.5 Å². The smallest absolute Gasteiger partial charge is 0.419 e. The van der Waals surface area contributed by atoms with Crippen molar-refractivity contribution in [1.29, 1.82) is 0 Å². The van der Waals surface area contributed by atoms with Gasteiger partial charge in [-0.1, -0.05) is 6.07 Å². The summed E-state index contributed by atoms with van der Waals surface area (Å²) < 4.78 is 45.6. The minimum Gasteiger partial charge on any atom is -0.485 e. The van der Waals surface area contributed by atoms with Crippen LogP contribution in [-0.2, 0) is 6.18 Å². The number of halogens is 3. The predicted molar refractivity (Wildman–Crippen MR) is 83.6 cm³/mol. The molecule has 2 aliphatic heterocycles. The van der Waals surface area contributed by atoms with E-state index in [0.29, 0.717) is 25.9 Å². The van der Waals surface area contributed by atoms with E-state index in [0.717, 1.165) is 6.07 Å². The molecule has 1 aromatic carbocycles. The van der Waals surface area contributed by atoms with E-state index < -0.39 is 17.3 Å². The summed E-state index contributed by atoms with van der Waals surface area (Å²) in [4.78, 5) is 27.5. The van der Waals surface area contributed by atoms with Crippen molar-refractivity contribution in [2.24, 2.45) is 0 Å². The molecule has 0 atom stereocenters. The van der Waals surface area contributed by atoms with Crippen LogP contribution in [0.25, 0.3) is 0 Å². The lowest BCUT2D eigenvalue weighted by atomic mass is 9.82. The fraction of sp³-hybridized carbons (Fsp3) is 0.529. The van der Waals surface area contributed by atoms with E-state index in [9.17, 15) is 22.8 Å². The number of rotatable bonds is 0. The molecular weight excluding hydrogens is 337 g/mol. The van der Waals surface area contributed by atoms with Gasteiger partial charge in [0.2, 0.25) is 0 Å². The first-order valence-electron chi connectivity index (χ1n) is 8.02. The summed E-state index contributed by atoms with van der Waals surface area (Å²) in [6.07, 6.45) is -3.91. The Balaban J connectivity index is 1.87. The number of alkyl halides is 3. The molecule has 0 N–H and O–H groups in total. The Morgan fingerprint density at radius 1 is 1.24 bits per heavy atom. The van der Waals surface area contributed by atoms with Gasteiger partial charge in [0.1, 0.15) is 11.4 Å². The van der Waals surface area contributed by atoms with E-state index in [2.05, 4.69) is 0 Å². The van der Waals surface area contributed by atoms with Gasteiger partial charge in [-0.25, -0.2) is 4.79 Å². The van der Waals surface area contributed by atoms with Crippen LogP contribution in [0.1, 0.15) is 35.2 Å². The van der Waals surface area contributed by atoms with Crippen LogP contribution in [-0.4, -0.2) is 54.4 Å². The molecule has 25 heavy (non-hydrogen) atoms. The van der Waals surface area contributed by atoms with Gasteiger partial charge in [0.05, 0.1) is 17.5 Å². The lowest BCUT2D eigenvalue weighted by Gasteiger charge is -2.44. The molecule has 0 aliphatic carbocycles. The number of Topliss-reactive ketones (excluding diaryl/α,β-unsaturated/α-hetero) is 1. The van der Waals surface area contributed by atoms with E-state index in [1.807, 2.05) is 0 Å². The number of carbonyl (C=O) groups excluding carboxylic acids is 2. The average molecular weight is 356 g/mol. The highest BCUT2D eigenvalue weighted by Gasteiger charge is 2.47. The second-order valence-corrected chi connectivity index (χ2v) is 6.73. The second kappa shape index (κ2) is 5.93. The molecule has 3 rings (SSSR count). The van der Waals surface area contributed by atoms with Gasteiger partial charge in [-0.2, -0.15) is 13.2 Å². The van der Waals surface area contributed by atoms with Crippen molar-refractivity contribution >= 4 is 11.8 Å². The summed E-state index contributed by atoms with van der Waals surface area (Å²) in [5, 5.41) is 0. The average Bonchev–Trinajstić information content (AvgIpc) is 2.53. The first kappa shape index (κ1) is 17.6. The Hall–Kier alpha value is -2.25. The number of benzene rings is 1. The third-order valence-corrected chi connectivity index (χ3v) is 4.75. The topological polar surface area (TPSA) is 49.9 Å². The zero-order chi connectivity index (χ0) is 18.4. The van der Waals surface area contributed by atoms with E-state index >= 15 is 0 Å².